The third kappa shape index (κ3) is 2.59. The topological polar surface area (TPSA) is 32.3 Å². The van der Waals surface area contributed by atoms with Crippen LogP contribution in [0.1, 0.15) is 44.0 Å². The van der Waals surface area contributed by atoms with Crippen molar-refractivity contribution in [2.45, 2.75) is 45.8 Å². The molecule has 2 unspecified atom stereocenters. The summed E-state index contributed by atoms with van der Waals surface area (Å²) in [6.07, 6.45) is 2.60. The van der Waals surface area contributed by atoms with Gasteiger partial charge in [-0.05, 0) is 37.2 Å². The molecule has 1 amide bonds. The number of nitrogens with zero attached hydrogens (tertiary/aromatic N) is 1. The first kappa shape index (κ1) is 13.6. The van der Waals surface area contributed by atoms with E-state index < -0.39 is 0 Å². The van der Waals surface area contributed by atoms with Crippen molar-refractivity contribution in [3.63, 3.8) is 0 Å². The zero-order valence-corrected chi connectivity index (χ0v) is 12.6. The summed E-state index contributed by atoms with van der Waals surface area (Å²) in [5, 5.41) is 3.54. The quantitative estimate of drug-likeness (QED) is 0.914. The van der Waals surface area contributed by atoms with Crippen LogP contribution in [0.25, 0.3) is 0 Å². The summed E-state index contributed by atoms with van der Waals surface area (Å²) < 4.78 is 0. The number of carbonyl (C=O) groups excluding carboxylic acids is 1. The highest BCUT2D eigenvalue weighted by Gasteiger charge is 2.42. The van der Waals surface area contributed by atoms with E-state index in [1.807, 2.05) is 0 Å². The molecule has 3 nitrogen and oxygen atoms in total. The van der Waals surface area contributed by atoms with Crippen LogP contribution in [-0.4, -0.2) is 23.4 Å². The van der Waals surface area contributed by atoms with Crippen molar-refractivity contribution < 1.29 is 4.79 Å². The average Bonchev–Trinajstić information content (AvgIpc) is 3.15. The minimum Gasteiger partial charge on any atom is -0.321 e. The van der Waals surface area contributed by atoms with Crippen LogP contribution in [-0.2, 0) is 4.79 Å². The number of aryl methyl sites for hydroxylation is 1. The summed E-state index contributed by atoms with van der Waals surface area (Å²) in [6.45, 7) is 7.24. The van der Waals surface area contributed by atoms with Gasteiger partial charge in [-0.2, -0.15) is 0 Å². The molecular formula is C17H24N2O. The molecule has 1 aliphatic carbocycles. The van der Waals surface area contributed by atoms with E-state index in [4.69, 9.17) is 0 Å². The Kier molecular flexibility index (Phi) is 3.55. The number of hydrogen-bond donors (Lipinski definition) is 1. The fourth-order valence-corrected chi connectivity index (χ4v) is 3.01. The van der Waals surface area contributed by atoms with Crippen molar-refractivity contribution >= 4 is 5.91 Å². The molecule has 1 aromatic carbocycles. The second-order valence-electron chi connectivity index (χ2n) is 6.64. The van der Waals surface area contributed by atoms with E-state index in [1.54, 1.807) is 0 Å². The molecule has 0 radical (unpaired) electrons. The molecule has 0 spiro atoms. The summed E-state index contributed by atoms with van der Waals surface area (Å²) in [7, 11) is 0. The fourth-order valence-electron chi connectivity index (χ4n) is 3.01. The lowest BCUT2D eigenvalue weighted by Gasteiger charge is -2.24. The van der Waals surface area contributed by atoms with Crippen LogP contribution >= 0.6 is 0 Å². The molecule has 1 aliphatic heterocycles. The van der Waals surface area contributed by atoms with Gasteiger partial charge in [0.15, 0.2) is 0 Å². The smallest absolute Gasteiger partial charge is 0.241 e. The zero-order valence-electron chi connectivity index (χ0n) is 12.6. The minimum atomic E-state index is -0.0423. The van der Waals surface area contributed by atoms with E-state index in [0.29, 0.717) is 5.92 Å². The van der Waals surface area contributed by atoms with Crippen molar-refractivity contribution in [1.29, 1.82) is 0 Å². The molecule has 2 atom stereocenters. The molecule has 2 fully saturated rings. The van der Waals surface area contributed by atoms with Gasteiger partial charge in [-0.3, -0.25) is 10.1 Å². The molecule has 1 N–H and O–H groups in total. The third-order valence-electron chi connectivity index (χ3n) is 4.37. The van der Waals surface area contributed by atoms with Gasteiger partial charge >= 0.3 is 0 Å². The Morgan fingerprint density at radius 3 is 2.70 bits per heavy atom. The van der Waals surface area contributed by atoms with E-state index in [9.17, 15) is 4.79 Å². The normalized spacial score (nSPS) is 26.6. The van der Waals surface area contributed by atoms with Gasteiger partial charge in [0.25, 0.3) is 0 Å². The molecule has 1 saturated carbocycles. The first-order valence-corrected chi connectivity index (χ1v) is 7.69. The molecule has 2 aliphatic rings. The molecule has 3 heteroatoms. The number of hydrogen-bond acceptors (Lipinski definition) is 2. The maximum Gasteiger partial charge on any atom is 0.241 e. The van der Waals surface area contributed by atoms with E-state index >= 15 is 0 Å². The molecule has 0 aromatic heterocycles. The summed E-state index contributed by atoms with van der Waals surface area (Å²) >= 11 is 0. The van der Waals surface area contributed by atoms with E-state index in [-0.39, 0.29) is 18.1 Å². The number of carbonyl (C=O) groups is 1. The second-order valence-corrected chi connectivity index (χ2v) is 6.64. The first-order valence-electron chi connectivity index (χ1n) is 7.69. The van der Waals surface area contributed by atoms with Crippen LogP contribution in [0.5, 0.6) is 0 Å². The van der Waals surface area contributed by atoms with Crippen LogP contribution < -0.4 is 5.32 Å². The highest BCUT2D eigenvalue weighted by Crippen LogP contribution is 2.35. The van der Waals surface area contributed by atoms with Crippen LogP contribution in [0, 0.1) is 18.8 Å². The SMILES string of the molecule is Cc1cccc(C2NC(C(C)C)C(=O)N2CC2CC2)c1. The lowest BCUT2D eigenvalue weighted by molar-refractivity contribution is -0.131. The largest absolute Gasteiger partial charge is 0.321 e. The van der Waals surface area contributed by atoms with Crippen LogP contribution in [0.4, 0.5) is 0 Å². The highest BCUT2D eigenvalue weighted by atomic mass is 16.2. The first-order chi connectivity index (χ1) is 9.56. The molecule has 0 bridgehead atoms. The highest BCUT2D eigenvalue weighted by molar-refractivity contribution is 5.85. The van der Waals surface area contributed by atoms with Crippen molar-refractivity contribution in [1.82, 2.24) is 10.2 Å². The van der Waals surface area contributed by atoms with Gasteiger partial charge in [-0.25, -0.2) is 0 Å². The lowest BCUT2D eigenvalue weighted by Crippen LogP contribution is -2.35. The molecule has 3 rings (SSSR count). The Morgan fingerprint density at radius 2 is 2.10 bits per heavy atom. The second kappa shape index (κ2) is 5.21. The number of benzene rings is 1. The molecular weight excluding hydrogens is 248 g/mol. The zero-order chi connectivity index (χ0) is 14.3. The Morgan fingerprint density at radius 1 is 1.35 bits per heavy atom. The maximum absolute atomic E-state index is 12.6. The predicted molar refractivity (Wildman–Crippen MR) is 80.1 cm³/mol. The average molecular weight is 272 g/mol. The minimum absolute atomic E-state index is 0.0423. The summed E-state index contributed by atoms with van der Waals surface area (Å²) in [5.74, 6) is 1.33. The Hall–Kier alpha value is -1.35. The summed E-state index contributed by atoms with van der Waals surface area (Å²) in [5.41, 5.74) is 2.46. The molecule has 1 aromatic rings. The van der Waals surface area contributed by atoms with Crippen molar-refractivity contribution in [3.8, 4) is 0 Å². The molecule has 1 saturated heterocycles. The lowest BCUT2D eigenvalue weighted by atomic mass is 10.0. The van der Waals surface area contributed by atoms with Gasteiger partial charge in [0.1, 0.15) is 6.17 Å². The van der Waals surface area contributed by atoms with Gasteiger partial charge in [0, 0.05) is 6.54 Å². The number of amides is 1. The summed E-state index contributed by atoms with van der Waals surface area (Å²) in [6, 6.07) is 8.45. The monoisotopic (exact) mass is 272 g/mol. The van der Waals surface area contributed by atoms with Crippen LogP contribution in [0.3, 0.4) is 0 Å². The van der Waals surface area contributed by atoms with Gasteiger partial charge in [0.2, 0.25) is 5.91 Å². The molecule has 1 heterocycles. The van der Waals surface area contributed by atoms with E-state index in [0.717, 1.165) is 12.5 Å². The standard InChI is InChI=1S/C17H24N2O/c1-11(2)15-17(20)19(10-13-7-8-13)16(18-15)14-6-4-5-12(3)9-14/h4-6,9,11,13,15-16,18H,7-8,10H2,1-3H3. The fraction of sp³-hybridized carbons (Fsp3) is 0.588. The van der Waals surface area contributed by atoms with Crippen molar-refractivity contribution in [3.05, 3.63) is 35.4 Å². The van der Waals surface area contributed by atoms with Gasteiger partial charge in [-0.15, -0.1) is 0 Å². The Labute approximate surface area is 121 Å². The third-order valence-corrected chi connectivity index (χ3v) is 4.37. The van der Waals surface area contributed by atoms with Crippen molar-refractivity contribution in [2.24, 2.45) is 11.8 Å². The number of nitrogens with one attached hydrogen (secondary N) is 1. The Balaban J connectivity index is 1.87. The van der Waals surface area contributed by atoms with Gasteiger partial charge in [-0.1, -0.05) is 43.7 Å². The maximum atomic E-state index is 12.6. The van der Waals surface area contributed by atoms with Crippen LogP contribution in [0.15, 0.2) is 24.3 Å². The summed E-state index contributed by atoms with van der Waals surface area (Å²) in [4.78, 5) is 14.7. The molecule has 108 valence electrons. The predicted octanol–water partition coefficient (Wildman–Crippen LogP) is 2.86. The van der Waals surface area contributed by atoms with Crippen LogP contribution in [0.2, 0.25) is 0 Å². The van der Waals surface area contributed by atoms with E-state index in [2.05, 4.69) is 55.3 Å². The Bertz CT molecular complexity index is 507. The van der Waals surface area contributed by atoms with Gasteiger partial charge < -0.3 is 4.90 Å². The number of rotatable bonds is 4. The van der Waals surface area contributed by atoms with Gasteiger partial charge in [0.05, 0.1) is 6.04 Å². The molecule has 20 heavy (non-hydrogen) atoms. The van der Waals surface area contributed by atoms with Crippen molar-refractivity contribution in [2.75, 3.05) is 6.54 Å². The van der Waals surface area contributed by atoms with E-state index in [1.165, 1.54) is 24.0 Å².